The highest BCUT2D eigenvalue weighted by Gasteiger charge is 2.26. The molecule has 1 aliphatic heterocycles. The molecule has 0 atom stereocenters. The molecule has 2 aromatic carbocycles. The van der Waals surface area contributed by atoms with E-state index in [-0.39, 0.29) is 18.2 Å². The summed E-state index contributed by atoms with van der Waals surface area (Å²) in [6.45, 7) is 3.73. The molecule has 154 valence electrons. The van der Waals surface area contributed by atoms with Crippen LogP contribution in [0.25, 0.3) is 0 Å². The number of amides is 1. The number of nitrogens with zero attached hydrogens (tertiary/aromatic N) is 3. The number of carbonyl (C=O) groups is 1. The van der Waals surface area contributed by atoms with Crippen LogP contribution in [0.2, 0.25) is 5.02 Å². The van der Waals surface area contributed by atoms with Crippen LogP contribution in [-0.4, -0.2) is 55.6 Å². The zero-order chi connectivity index (χ0) is 21.0. The van der Waals surface area contributed by atoms with E-state index in [0.717, 1.165) is 5.56 Å². The van der Waals surface area contributed by atoms with E-state index < -0.39 is 4.92 Å². The van der Waals surface area contributed by atoms with Gasteiger partial charge in [-0.2, -0.15) is 0 Å². The standard InChI is InChI=1S/C20H22ClN3O5/c1-14-3-6-18(19(11-14)28-2)29-13-20(25)23-9-7-22(8-10-23)16-5-4-15(21)12-17(16)24(26)27/h3-6,11-12H,7-10,13H2,1-2H3. The number of nitro benzene ring substituents is 1. The minimum atomic E-state index is -0.443. The van der Waals surface area contributed by atoms with Crippen molar-refractivity contribution in [3.05, 3.63) is 57.1 Å². The van der Waals surface area contributed by atoms with Gasteiger partial charge in [0.25, 0.3) is 11.6 Å². The molecular formula is C20H22ClN3O5. The Kier molecular flexibility index (Phi) is 6.43. The summed E-state index contributed by atoms with van der Waals surface area (Å²) in [5, 5.41) is 11.6. The Morgan fingerprint density at radius 3 is 2.52 bits per heavy atom. The molecule has 0 spiro atoms. The Bertz CT molecular complexity index is 913. The number of carbonyl (C=O) groups excluding carboxylic acids is 1. The van der Waals surface area contributed by atoms with E-state index in [2.05, 4.69) is 0 Å². The number of hydrogen-bond donors (Lipinski definition) is 0. The number of benzene rings is 2. The summed E-state index contributed by atoms with van der Waals surface area (Å²) in [5.74, 6) is 0.956. The van der Waals surface area contributed by atoms with E-state index in [0.29, 0.717) is 48.4 Å². The summed E-state index contributed by atoms with van der Waals surface area (Å²) >= 11 is 5.88. The Morgan fingerprint density at radius 2 is 1.86 bits per heavy atom. The number of rotatable bonds is 6. The molecule has 0 saturated carbocycles. The summed E-state index contributed by atoms with van der Waals surface area (Å²) in [7, 11) is 1.55. The molecule has 1 saturated heterocycles. The lowest BCUT2D eigenvalue weighted by Crippen LogP contribution is -2.50. The second kappa shape index (κ2) is 9.00. The van der Waals surface area contributed by atoms with Crippen LogP contribution in [0.3, 0.4) is 0 Å². The first-order valence-corrected chi connectivity index (χ1v) is 9.51. The van der Waals surface area contributed by atoms with Crippen molar-refractivity contribution in [3.63, 3.8) is 0 Å². The summed E-state index contributed by atoms with van der Waals surface area (Å²) in [5.41, 5.74) is 1.51. The van der Waals surface area contributed by atoms with Crippen LogP contribution >= 0.6 is 11.6 Å². The molecule has 1 fully saturated rings. The van der Waals surface area contributed by atoms with Gasteiger partial charge >= 0.3 is 0 Å². The maximum absolute atomic E-state index is 12.5. The van der Waals surface area contributed by atoms with E-state index in [9.17, 15) is 14.9 Å². The van der Waals surface area contributed by atoms with Crippen molar-refractivity contribution in [2.75, 3.05) is 44.8 Å². The number of halogens is 1. The molecule has 1 heterocycles. The molecule has 1 aliphatic rings. The average Bonchev–Trinajstić information content (AvgIpc) is 2.72. The van der Waals surface area contributed by atoms with Crippen LogP contribution < -0.4 is 14.4 Å². The number of hydrogen-bond acceptors (Lipinski definition) is 6. The zero-order valence-corrected chi connectivity index (χ0v) is 17.0. The smallest absolute Gasteiger partial charge is 0.294 e. The van der Waals surface area contributed by atoms with Crippen LogP contribution in [0.4, 0.5) is 11.4 Å². The number of anilines is 1. The van der Waals surface area contributed by atoms with Gasteiger partial charge in [-0.3, -0.25) is 14.9 Å². The molecule has 0 unspecified atom stereocenters. The number of methoxy groups -OCH3 is 1. The van der Waals surface area contributed by atoms with Crippen LogP contribution in [0.1, 0.15) is 5.56 Å². The number of nitro groups is 1. The lowest BCUT2D eigenvalue weighted by Gasteiger charge is -2.35. The maximum Gasteiger partial charge on any atom is 0.294 e. The third-order valence-electron chi connectivity index (χ3n) is 4.78. The molecular weight excluding hydrogens is 398 g/mol. The molecule has 1 amide bonds. The normalized spacial score (nSPS) is 13.9. The number of aryl methyl sites for hydroxylation is 1. The van der Waals surface area contributed by atoms with Gasteiger partial charge in [0.05, 0.1) is 12.0 Å². The first kappa shape index (κ1) is 20.7. The van der Waals surface area contributed by atoms with Crippen molar-refractivity contribution < 1.29 is 19.2 Å². The first-order valence-electron chi connectivity index (χ1n) is 9.13. The number of piperazine rings is 1. The quantitative estimate of drug-likeness (QED) is 0.527. The van der Waals surface area contributed by atoms with Crippen LogP contribution in [0.5, 0.6) is 11.5 Å². The molecule has 0 aromatic heterocycles. The summed E-state index contributed by atoms with van der Waals surface area (Å²) in [6, 6.07) is 10.1. The van der Waals surface area contributed by atoms with Crippen molar-refractivity contribution in [1.29, 1.82) is 0 Å². The predicted molar refractivity (Wildman–Crippen MR) is 110 cm³/mol. The molecule has 0 aliphatic carbocycles. The minimum absolute atomic E-state index is 0.0351. The highest BCUT2D eigenvalue weighted by molar-refractivity contribution is 6.30. The number of ether oxygens (including phenoxy) is 2. The third-order valence-corrected chi connectivity index (χ3v) is 5.01. The third kappa shape index (κ3) is 4.89. The highest BCUT2D eigenvalue weighted by Crippen LogP contribution is 2.32. The van der Waals surface area contributed by atoms with Crippen LogP contribution in [-0.2, 0) is 4.79 Å². The highest BCUT2D eigenvalue weighted by atomic mass is 35.5. The Labute approximate surface area is 173 Å². The molecule has 0 bridgehead atoms. The van der Waals surface area contributed by atoms with Crippen molar-refractivity contribution in [1.82, 2.24) is 4.90 Å². The van der Waals surface area contributed by atoms with E-state index >= 15 is 0 Å². The van der Waals surface area contributed by atoms with Gasteiger partial charge in [-0.1, -0.05) is 17.7 Å². The maximum atomic E-state index is 12.5. The van der Waals surface area contributed by atoms with Gasteiger partial charge in [-0.25, -0.2) is 0 Å². The molecule has 29 heavy (non-hydrogen) atoms. The second-order valence-corrected chi connectivity index (χ2v) is 7.14. The largest absolute Gasteiger partial charge is 0.493 e. The van der Waals surface area contributed by atoms with Crippen LogP contribution in [0, 0.1) is 17.0 Å². The minimum Gasteiger partial charge on any atom is -0.493 e. The summed E-state index contributed by atoms with van der Waals surface area (Å²) < 4.78 is 10.9. The van der Waals surface area contributed by atoms with E-state index in [1.165, 1.54) is 6.07 Å². The van der Waals surface area contributed by atoms with Crippen LogP contribution in [0.15, 0.2) is 36.4 Å². The van der Waals surface area contributed by atoms with Gasteiger partial charge in [0, 0.05) is 37.3 Å². The van der Waals surface area contributed by atoms with Gasteiger partial charge in [0.15, 0.2) is 18.1 Å². The fraction of sp³-hybridized carbons (Fsp3) is 0.350. The van der Waals surface area contributed by atoms with E-state index in [4.69, 9.17) is 21.1 Å². The van der Waals surface area contributed by atoms with Gasteiger partial charge in [0.1, 0.15) is 5.69 Å². The summed E-state index contributed by atoms with van der Waals surface area (Å²) in [4.78, 5) is 27.0. The van der Waals surface area contributed by atoms with Gasteiger partial charge in [0.2, 0.25) is 0 Å². The Morgan fingerprint density at radius 1 is 1.14 bits per heavy atom. The molecule has 0 N–H and O–H groups in total. The Balaban J connectivity index is 1.58. The Hall–Kier alpha value is -3.00. The molecule has 9 heteroatoms. The monoisotopic (exact) mass is 419 g/mol. The zero-order valence-electron chi connectivity index (χ0n) is 16.3. The van der Waals surface area contributed by atoms with Crippen molar-refractivity contribution in [2.45, 2.75) is 6.92 Å². The lowest BCUT2D eigenvalue weighted by molar-refractivity contribution is -0.384. The molecule has 8 nitrogen and oxygen atoms in total. The average molecular weight is 420 g/mol. The van der Waals surface area contributed by atoms with Crippen molar-refractivity contribution in [3.8, 4) is 11.5 Å². The van der Waals surface area contributed by atoms with Crippen molar-refractivity contribution in [2.24, 2.45) is 0 Å². The fourth-order valence-electron chi connectivity index (χ4n) is 3.23. The van der Waals surface area contributed by atoms with E-state index in [1.54, 1.807) is 30.2 Å². The van der Waals surface area contributed by atoms with Gasteiger partial charge < -0.3 is 19.3 Å². The molecule has 2 aromatic rings. The van der Waals surface area contributed by atoms with Gasteiger partial charge in [-0.15, -0.1) is 0 Å². The predicted octanol–water partition coefficient (Wildman–Crippen LogP) is 3.29. The van der Waals surface area contributed by atoms with Crippen molar-refractivity contribution >= 4 is 28.9 Å². The summed E-state index contributed by atoms with van der Waals surface area (Å²) in [6.07, 6.45) is 0. The first-order chi connectivity index (χ1) is 13.9. The molecule has 3 rings (SSSR count). The second-order valence-electron chi connectivity index (χ2n) is 6.70. The molecule has 0 radical (unpaired) electrons. The topological polar surface area (TPSA) is 85.2 Å². The SMILES string of the molecule is COc1cc(C)ccc1OCC(=O)N1CCN(c2ccc(Cl)cc2[N+](=O)[O-])CC1. The lowest BCUT2D eigenvalue weighted by atomic mass is 10.2. The fourth-order valence-corrected chi connectivity index (χ4v) is 3.40. The van der Waals surface area contributed by atoms with Gasteiger partial charge in [-0.05, 0) is 36.8 Å². The van der Waals surface area contributed by atoms with E-state index in [1.807, 2.05) is 24.0 Å².